The molecule has 4 aromatic rings. The molecule has 0 radical (unpaired) electrons. The highest BCUT2D eigenvalue weighted by atomic mass is 35.5. The van der Waals surface area contributed by atoms with Gasteiger partial charge in [0.05, 0.1) is 16.8 Å². The summed E-state index contributed by atoms with van der Waals surface area (Å²) in [5.41, 5.74) is 1.86. The van der Waals surface area contributed by atoms with Crippen LogP contribution in [0.25, 0.3) is 11.4 Å². The molecule has 43 heavy (non-hydrogen) atoms. The number of hydrogen-bond donors (Lipinski definition) is 1. The van der Waals surface area contributed by atoms with E-state index in [1.165, 1.54) is 24.4 Å². The highest BCUT2D eigenvalue weighted by Gasteiger charge is 2.29. The van der Waals surface area contributed by atoms with Crippen LogP contribution in [0.4, 0.5) is 19.0 Å². The molecule has 2 heterocycles. The number of carbonyl (C=O) groups is 2. The summed E-state index contributed by atoms with van der Waals surface area (Å²) in [6, 6.07) is 12.9. The maximum atomic E-state index is 15.8. The van der Waals surface area contributed by atoms with Crippen LogP contribution in [0.5, 0.6) is 5.75 Å². The quantitative estimate of drug-likeness (QED) is 0.230. The number of amides is 2. The minimum absolute atomic E-state index is 0.0144. The molecule has 3 aromatic carbocycles. The number of nitrogens with one attached hydrogen (secondary N) is 1. The Balaban J connectivity index is 1.25. The third-order valence-corrected chi connectivity index (χ3v) is 7.81. The van der Waals surface area contributed by atoms with E-state index in [0.717, 1.165) is 5.56 Å². The van der Waals surface area contributed by atoms with Gasteiger partial charge in [0.1, 0.15) is 41.5 Å². The lowest BCUT2D eigenvalue weighted by Gasteiger charge is -2.19. The Morgan fingerprint density at radius 2 is 1.86 bits per heavy atom. The third kappa shape index (κ3) is 6.52. The Kier molecular flexibility index (Phi) is 9.02. The molecule has 0 fully saturated rings. The molecule has 1 N–H and O–H groups in total. The highest BCUT2D eigenvalue weighted by Crippen LogP contribution is 2.35. The average molecular weight is 612 g/mol. The van der Waals surface area contributed by atoms with Crippen molar-refractivity contribution in [3.8, 4) is 17.1 Å². The molecule has 0 saturated heterocycles. The topological polar surface area (TPSA) is 79.7 Å². The zero-order chi connectivity index (χ0) is 30.7. The Morgan fingerprint density at radius 1 is 1.12 bits per heavy atom. The summed E-state index contributed by atoms with van der Waals surface area (Å²) in [6.07, 6.45) is 1.94. The van der Waals surface area contributed by atoms with E-state index in [9.17, 15) is 14.0 Å². The molecule has 0 bridgehead atoms. The Labute approximate surface area is 251 Å². The largest absolute Gasteiger partial charge is 0.489 e. The molecule has 0 spiro atoms. The molecule has 12 heteroatoms. The minimum atomic E-state index is -0.525. The molecule has 1 aromatic heterocycles. The fraction of sp³-hybridized carbons (Fsp3) is 0.258. The van der Waals surface area contributed by atoms with Crippen molar-refractivity contribution in [1.29, 1.82) is 0 Å². The van der Waals surface area contributed by atoms with Crippen molar-refractivity contribution in [2.75, 3.05) is 18.5 Å². The second-order valence-electron chi connectivity index (χ2n) is 10.3. The maximum Gasteiger partial charge on any atom is 0.228 e. The van der Waals surface area contributed by atoms with Gasteiger partial charge >= 0.3 is 0 Å². The third-order valence-electron chi connectivity index (χ3n) is 7.45. The van der Waals surface area contributed by atoms with E-state index in [0.29, 0.717) is 47.2 Å². The van der Waals surface area contributed by atoms with Gasteiger partial charge in [-0.1, -0.05) is 29.8 Å². The van der Waals surface area contributed by atoms with E-state index in [-0.39, 0.29) is 43.1 Å². The predicted octanol–water partition coefficient (Wildman–Crippen LogP) is 5.35. The lowest BCUT2D eigenvalue weighted by atomic mass is 10.0. The number of fused-ring (bicyclic) bond motifs is 1. The predicted molar refractivity (Wildman–Crippen MR) is 156 cm³/mol. The fourth-order valence-electron chi connectivity index (χ4n) is 5.13. The maximum absolute atomic E-state index is 15.8. The van der Waals surface area contributed by atoms with Crippen molar-refractivity contribution < 1.29 is 27.5 Å². The number of nitrogens with zero attached hydrogens (tertiary/aromatic N) is 4. The monoisotopic (exact) mass is 611 g/mol. The van der Waals surface area contributed by atoms with Crippen LogP contribution in [0.3, 0.4) is 0 Å². The van der Waals surface area contributed by atoms with Crippen LogP contribution in [0, 0.1) is 17.5 Å². The number of benzene rings is 3. The fourth-order valence-corrected chi connectivity index (χ4v) is 5.35. The first-order valence-corrected chi connectivity index (χ1v) is 13.9. The smallest absolute Gasteiger partial charge is 0.228 e. The summed E-state index contributed by atoms with van der Waals surface area (Å²) in [6.45, 7) is 1.21. The van der Waals surface area contributed by atoms with Gasteiger partial charge in [-0.15, -0.1) is 0 Å². The molecule has 224 valence electrons. The zero-order valence-corrected chi connectivity index (χ0v) is 24.3. The normalized spacial score (nSPS) is 12.7. The summed E-state index contributed by atoms with van der Waals surface area (Å²) in [4.78, 5) is 30.1. The number of anilines is 1. The van der Waals surface area contributed by atoms with E-state index in [2.05, 4.69) is 10.3 Å². The van der Waals surface area contributed by atoms with Gasteiger partial charge in [-0.25, -0.2) is 18.2 Å². The first kappa shape index (κ1) is 30.1. The van der Waals surface area contributed by atoms with Gasteiger partial charge in [0, 0.05) is 63.4 Å². The highest BCUT2D eigenvalue weighted by molar-refractivity contribution is 6.31. The van der Waals surface area contributed by atoms with E-state index in [1.54, 1.807) is 41.8 Å². The van der Waals surface area contributed by atoms with Gasteiger partial charge in [0.15, 0.2) is 0 Å². The number of halogens is 4. The number of aromatic nitrogens is 2. The average Bonchev–Trinajstić information content (AvgIpc) is 3.58. The summed E-state index contributed by atoms with van der Waals surface area (Å²) in [7, 11) is 3.43. The number of imidazole rings is 1. The van der Waals surface area contributed by atoms with E-state index in [4.69, 9.17) is 16.3 Å². The number of rotatable bonds is 11. The van der Waals surface area contributed by atoms with Crippen molar-refractivity contribution in [2.24, 2.45) is 7.05 Å². The van der Waals surface area contributed by atoms with E-state index < -0.39 is 23.4 Å². The lowest BCUT2D eigenvalue weighted by molar-refractivity contribution is -0.125. The van der Waals surface area contributed by atoms with E-state index >= 15 is 8.78 Å². The van der Waals surface area contributed by atoms with Crippen molar-refractivity contribution in [3.63, 3.8) is 0 Å². The Morgan fingerprint density at radius 3 is 2.58 bits per heavy atom. The van der Waals surface area contributed by atoms with Crippen LogP contribution < -0.4 is 15.0 Å². The number of carbonyl (C=O) groups excluding carboxylic acids is 2. The number of ether oxygens (including phenoxy) is 1. The number of hydrogen-bond acceptors (Lipinski definition) is 6. The van der Waals surface area contributed by atoms with Crippen molar-refractivity contribution in [3.05, 3.63) is 99.5 Å². The first-order valence-electron chi connectivity index (χ1n) is 13.5. The van der Waals surface area contributed by atoms with E-state index in [1.807, 2.05) is 17.0 Å². The van der Waals surface area contributed by atoms with Crippen molar-refractivity contribution >= 4 is 29.7 Å². The van der Waals surface area contributed by atoms with Crippen LogP contribution >= 0.6 is 11.6 Å². The molecule has 5 rings (SSSR count). The molecule has 8 nitrogen and oxygen atoms in total. The second kappa shape index (κ2) is 12.9. The summed E-state index contributed by atoms with van der Waals surface area (Å²) >= 11 is 6.07. The molecule has 1 aliphatic heterocycles. The van der Waals surface area contributed by atoms with Crippen molar-refractivity contribution in [1.82, 2.24) is 19.8 Å². The molecule has 1 aliphatic rings. The molecule has 0 atom stereocenters. The lowest BCUT2D eigenvalue weighted by Crippen LogP contribution is -2.28. The molecule has 0 unspecified atom stereocenters. The van der Waals surface area contributed by atoms with Gasteiger partial charge in [0.2, 0.25) is 12.3 Å². The van der Waals surface area contributed by atoms with Crippen LogP contribution in [0.15, 0.2) is 54.7 Å². The second-order valence-corrected chi connectivity index (χ2v) is 10.7. The Bertz CT molecular complexity index is 1640. The van der Waals surface area contributed by atoms with Crippen molar-refractivity contribution in [2.45, 2.75) is 32.7 Å². The molecular formula is C31H29ClF3N5O3. The summed E-state index contributed by atoms with van der Waals surface area (Å²) < 4.78 is 52.4. The first-order chi connectivity index (χ1) is 20.7. The Hall–Kier alpha value is -4.35. The van der Waals surface area contributed by atoms with Crippen LogP contribution in [-0.2, 0) is 42.9 Å². The van der Waals surface area contributed by atoms with Crippen LogP contribution in [-0.4, -0.2) is 40.4 Å². The van der Waals surface area contributed by atoms with Gasteiger partial charge in [-0.2, -0.15) is 0 Å². The molecule has 2 amide bonds. The van der Waals surface area contributed by atoms with Gasteiger partial charge < -0.3 is 14.2 Å². The minimum Gasteiger partial charge on any atom is -0.489 e. The van der Waals surface area contributed by atoms with Gasteiger partial charge in [-0.3, -0.25) is 19.8 Å². The van der Waals surface area contributed by atoms with Crippen LogP contribution in [0.1, 0.15) is 28.7 Å². The molecular weight excluding hydrogens is 583 g/mol. The SMILES string of the molecule is CN(CCC(=O)NC=O)c1cnc(-c2cc(F)c3c(c2F)CN(Cc2ccc(OCc4c(F)cccc4Cl)cc2)C3)n1C. The molecule has 0 saturated carbocycles. The van der Waals surface area contributed by atoms with Gasteiger partial charge in [0.25, 0.3) is 0 Å². The number of imide groups is 1. The zero-order valence-electron chi connectivity index (χ0n) is 23.5. The summed E-state index contributed by atoms with van der Waals surface area (Å²) in [5, 5.41) is 2.38. The summed E-state index contributed by atoms with van der Waals surface area (Å²) in [5.74, 6) is -0.498. The van der Waals surface area contributed by atoms with Gasteiger partial charge in [-0.05, 0) is 35.9 Å². The standard InChI is InChI=1S/C31H29ClF3N5O3/c1-38(11-10-28(42)37-18-41)29-13-36-31(39(29)2)21-12-27(34)22-15-40(16-23(22)30(21)35)14-19-6-8-20(9-7-19)43-17-24-25(32)4-3-5-26(24)33/h3-9,12-13,18H,10-11,14-17H2,1-2H3,(H,37,41,42). The molecule has 0 aliphatic carbocycles. The van der Waals surface area contributed by atoms with Crippen LogP contribution in [0.2, 0.25) is 5.02 Å².